The molecule has 11 heteroatoms. The number of sulfonamides is 1. The van der Waals surface area contributed by atoms with Gasteiger partial charge in [-0.25, -0.2) is 21.6 Å². The Hall–Kier alpha value is -2.30. The monoisotopic (exact) mass is 419 g/mol. The fraction of sp³-hybridized carbons (Fsp3) is 0.133. The molecule has 0 fully saturated rings. The number of phenolic OH excluding ortho intramolecular Hbond substituents is 1. The Kier molecular flexibility index (Phi) is 5.49. The van der Waals surface area contributed by atoms with E-state index in [0.29, 0.717) is 0 Å². The van der Waals surface area contributed by atoms with Crippen LogP contribution in [0.2, 0.25) is 5.02 Å². The molecule has 2 rings (SSSR count). The van der Waals surface area contributed by atoms with Gasteiger partial charge in [0.05, 0.1) is 26.9 Å². The lowest BCUT2D eigenvalue weighted by molar-refractivity contribution is 0.0696. The van der Waals surface area contributed by atoms with Crippen LogP contribution < -0.4 is 4.72 Å². The van der Waals surface area contributed by atoms with Gasteiger partial charge < -0.3 is 10.2 Å². The molecule has 8 nitrogen and oxygen atoms in total. The zero-order chi connectivity index (χ0) is 19.7. The number of carbonyl (C=O) groups is 1. The molecule has 0 unspecified atom stereocenters. The predicted molar refractivity (Wildman–Crippen MR) is 95.1 cm³/mol. The molecule has 0 heterocycles. The average Bonchev–Trinajstić information content (AvgIpc) is 2.56. The SMILES string of the molecule is CCS(=O)(=O)c1ccc(O)c(NS(=O)(=O)c2cc(C(=O)O)ccc2Cl)c1. The van der Waals surface area contributed by atoms with E-state index in [4.69, 9.17) is 16.7 Å². The van der Waals surface area contributed by atoms with Crippen molar-refractivity contribution in [3.8, 4) is 5.75 Å². The van der Waals surface area contributed by atoms with E-state index in [1.165, 1.54) is 6.92 Å². The third-order valence-electron chi connectivity index (χ3n) is 3.42. The standard InChI is InChI=1S/C15H14ClNO7S2/c1-2-25(21,22)10-4-6-13(18)12(8-10)17-26(23,24)14-7-9(15(19)20)3-5-11(14)16/h3-8,17-18H,2H2,1H3,(H,19,20). The van der Waals surface area contributed by atoms with Gasteiger partial charge in [-0.2, -0.15) is 0 Å². The molecule has 0 bridgehead atoms. The van der Waals surface area contributed by atoms with Crippen LogP contribution in [-0.4, -0.2) is 38.8 Å². The molecule has 2 aromatic rings. The highest BCUT2D eigenvalue weighted by Crippen LogP contribution is 2.31. The number of phenols is 1. The van der Waals surface area contributed by atoms with Crippen LogP contribution in [0.1, 0.15) is 17.3 Å². The summed E-state index contributed by atoms with van der Waals surface area (Å²) in [4.78, 5) is 10.3. The number of halogens is 1. The molecular formula is C15H14ClNO7S2. The van der Waals surface area contributed by atoms with E-state index in [-0.39, 0.29) is 26.9 Å². The number of hydrogen-bond donors (Lipinski definition) is 3. The lowest BCUT2D eigenvalue weighted by Gasteiger charge is -2.12. The lowest BCUT2D eigenvalue weighted by atomic mass is 10.2. The van der Waals surface area contributed by atoms with Gasteiger partial charge >= 0.3 is 5.97 Å². The van der Waals surface area contributed by atoms with Gasteiger partial charge in [-0.1, -0.05) is 18.5 Å². The maximum atomic E-state index is 12.5. The van der Waals surface area contributed by atoms with Crippen LogP contribution >= 0.6 is 11.6 Å². The van der Waals surface area contributed by atoms with Crippen molar-refractivity contribution in [2.75, 3.05) is 10.5 Å². The van der Waals surface area contributed by atoms with E-state index in [1.54, 1.807) is 0 Å². The molecule has 0 amide bonds. The smallest absolute Gasteiger partial charge is 0.335 e. The maximum absolute atomic E-state index is 12.5. The molecule has 0 saturated carbocycles. The number of aromatic carboxylic acids is 1. The van der Waals surface area contributed by atoms with Crippen LogP contribution in [0.4, 0.5) is 5.69 Å². The first kappa shape index (κ1) is 20.0. The Labute approximate surface area is 155 Å². The van der Waals surface area contributed by atoms with Crippen LogP contribution in [0.5, 0.6) is 5.75 Å². The number of carboxylic acid groups (broad SMARTS) is 1. The molecular weight excluding hydrogens is 406 g/mol. The van der Waals surface area contributed by atoms with Gasteiger partial charge in [0.25, 0.3) is 10.0 Å². The molecule has 0 aromatic heterocycles. The van der Waals surface area contributed by atoms with Crippen molar-refractivity contribution < 1.29 is 31.8 Å². The molecule has 0 radical (unpaired) electrons. The Balaban J connectivity index is 2.53. The summed E-state index contributed by atoms with van der Waals surface area (Å²) >= 11 is 5.85. The molecule has 0 aliphatic heterocycles. The van der Waals surface area contributed by atoms with Crippen LogP contribution in [0.25, 0.3) is 0 Å². The van der Waals surface area contributed by atoms with Crippen molar-refractivity contribution in [1.82, 2.24) is 0 Å². The zero-order valence-corrected chi connectivity index (χ0v) is 15.7. The summed E-state index contributed by atoms with van der Waals surface area (Å²) in [7, 11) is -8.03. The molecule has 0 spiro atoms. The molecule has 0 aliphatic rings. The van der Waals surface area contributed by atoms with E-state index >= 15 is 0 Å². The zero-order valence-electron chi connectivity index (χ0n) is 13.3. The summed E-state index contributed by atoms with van der Waals surface area (Å²) in [6, 6.07) is 6.25. The highest BCUT2D eigenvalue weighted by Gasteiger charge is 2.23. The maximum Gasteiger partial charge on any atom is 0.335 e. The van der Waals surface area contributed by atoms with E-state index in [1.807, 2.05) is 4.72 Å². The van der Waals surface area contributed by atoms with E-state index in [9.17, 15) is 26.7 Å². The Morgan fingerprint density at radius 3 is 2.35 bits per heavy atom. The molecule has 0 saturated heterocycles. The number of sulfone groups is 1. The van der Waals surface area contributed by atoms with Gasteiger partial charge in [0.15, 0.2) is 9.84 Å². The second-order valence-corrected chi connectivity index (χ2v) is 9.47. The van der Waals surface area contributed by atoms with Gasteiger partial charge in [0, 0.05) is 0 Å². The molecule has 26 heavy (non-hydrogen) atoms. The van der Waals surface area contributed by atoms with Crippen molar-refractivity contribution >= 4 is 43.1 Å². The van der Waals surface area contributed by atoms with Crippen molar-refractivity contribution in [2.45, 2.75) is 16.7 Å². The number of anilines is 1. The lowest BCUT2D eigenvalue weighted by Crippen LogP contribution is -2.15. The van der Waals surface area contributed by atoms with Crippen LogP contribution in [0, 0.1) is 0 Å². The van der Waals surface area contributed by atoms with Gasteiger partial charge in [-0.15, -0.1) is 0 Å². The fourth-order valence-electron chi connectivity index (χ4n) is 2.00. The third-order valence-corrected chi connectivity index (χ3v) is 7.00. The van der Waals surface area contributed by atoms with Crippen LogP contribution in [0.3, 0.4) is 0 Å². The minimum atomic E-state index is -4.39. The van der Waals surface area contributed by atoms with Crippen molar-refractivity contribution in [3.05, 3.63) is 47.0 Å². The Bertz CT molecular complexity index is 1080. The molecule has 0 atom stereocenters. The van der Waals surface area contributed by atoms with Crippen molar-refractivity contribution in [3.63, 3.8) is 0 Å². The summed E-state index contributed by atoms with van der Waals surface area (Å²) in [6.07, 6.45) is 0. The molecule has 2 aromatic carbocycles. The second kappa shape index (κ2) is 7.14. The minimum absolute atomic E-state index is 0.180. The number of carboxylic acids is 1. The van der Waals surface area contributed by atoms with Crippen molar-refractivity contribution in [2.24, 2.45) is 0 Å². The summed E-state index contributed by atoms with van der Waals surface area (Å²) in [5.41, 5.74) is -0.683. The molecule has 0 aliphatic carbocycles. The first-order chi connectivity index (χ1) is 12.0. The van der Waals surface area contributed by atoms with Gasteiger partial charge in [0.2, 0.25) is 0 Å². The summed E-state index contributed by atoms with van der Waals surface area (Å²) in [6.45, 7) is 1.42. The van der Waals surface area contributed by atoms with Crippen molar-refractivity contribution in [1.29, 1.82) is 0 Å². The highest BCUT2D eigenvalue weighted by atomic mass is 35.5. The summed E-state index contributed by atoms with van der Waals surface area (Å²) in [5, 5.41) is 18.6. The largest absolute Gasteiger partial charge is 0.506 e. The minimum Gasteiger partial charge on any atom is -0.506 e. The molecule has 3 N–H and O–H groups in total. The third kappa shape index (κ3) is 4.09. The van der Waals surface area contributed by atoms with E-state index < -0.39 is 36.5 Å². The van der Waals surface area contributed by atoms with Crippen LogP contribution in [0.15, 0.2) is 46.2 Å². The Morgan fingerprint density at radius 1 is 1.12 bits per heavy atom. The number of nitrogens with one attached hydrogen (secondary N) is 1. The highest BCUT2D eigenvalue weighted by molar-refractivity contribution is 7.93. The normalized spacial score (nSPS) is 11.9. The van der Waals surface area contributed by atoms with E-state index in [0.717, 1.165) is 36.4 Å². The van der Waals surface area contributed by atoms with Gasteiger partial charge in [-0.05, 0) is 36.4 Å². The summed E-state index contributed by atoms with van der Waals surface area (Å²) in [5.74, 6) is -2.07. The fourth-order valence-corrected chi connectivity index (χ4v) is 4.50. The first-order valence-corrected chi connectivity index (χ1v) is 10.6. The quantitative estimate of drug-likeness (QED) is 0.611. The first-order valence-electron chi connectivity index (χ1n) is 7.09. The number of rotatable bonds is 6. The number of aromatic hydroxyl groups is 1. The summed E-state index contributed by atoms with van der Waals surface area (Å²) < 4.78 is 50.9. The topological polar surface area (TPSA) is 138 Å². The predicted octanol–water partition coefficient (Wildman–Crippen LogP) is 2.34. The Morgan fingerprint density at radius 2 is 1.77 bits per heavy atom. The number of hydrogen-bond acceptors (Lipinski definition) is 6. The molecule has 140 valence electrons. The van der Waals surface area contributed by atoms with Gasteiger partial charge in [-0.3, -0.25) is 4.72 Å². The average molecular weight is 420 g/mol. The van der Waals surface area contributed by atoms with E-state index in [2.05, 4.69) is 0 Å². The van der Waals surface area contributed by atoms with Crippen LogP contribution in [-0.2, 0) is 19.9 Å². The van der Waals surface area contributed by atoms with Gasteiger partial charge in [0.1, 0.15) is 10.6 Å². The second-order valence-electron chi connectivity index (χ2n) is 5.14. The number of benzene rings is 2.